The summed E-state index contributed by atoms with van der Waals surface area (Å²) in [4.78, 5) is 15.4. The molecular weight excluding hydrogens is 238 g/mol. The summed E-state index contributed by atoms with van der Waals surface area (Å²) in [6.45, 7) is 1.94. The first-order valence-electron chi connectivity index (χ1n) is 5.27. The van der Waals surface area contributed by atoms with Gasteiger partial charge in [0.05, 0.1) is 17.2 Å². The lowest BCUT2D eigenvalue weighted by Crippen LogP contribution is -2.38. The average Bonchev–Trinajstić information content (AvgIpc) is 3.01. The highest BCUT2D eigenvalue weighted by Crippen LogP contribution is 2.33. The van der Waals surface area contributed by atoms with Gasteiger partial charge in [0, 0.05) is 6.20 Å². The van der Waals surface area contributed by atoms with Crippen LogP contribution in [0.3, 0.4) is 0 Å². The molecule has 1 atom stereocenters. The minimum Gasteiger partial charge on any atom is -0.463 e. The lowest BCUT2D eigenvalue weighted by atomic mass is 9.98. The molecule has 0 amide bonds. The Morgan fingerprint density at radius 2 is 2.35 bits per heavy atom. The molecule has 0 fully saturated rings. The number of esters is 1. The van der Waals surface area contributed by atoms with E-state index in [2.05, 4.69) is 4.98 Å². The van der Waals surface area contributed by atoms with Gasteiger partial charge in [0.2, 0.25) is 5.60 Å². The van der Waals surface area contributed by atoms with Gasteiger partial charge in [0.1, 0.15) is 0 Å². The molecule has 2 aromatic rings. The molecule has 0 aliphatic carbocycles. The van der Waals surface area contributed by atoms with Crippen LogP contribution in [0.2, 0.25) is 0 Å². The van der Waals surface area contributed by atoms with Crippen LogP contribution >= 0.6 is 11.3 Å². The van der Waals surface area contributed by atoms with Crippen LogP contribution < -0.4 is 0 Å². The zero-order valence-corrected chi connectivity index (χ0v) is 10.2. The number of hydrogen-bond acceptors (Lipinski definition) is 4. The van der Waals surface area contributed by atoms with E-state index in [1.807, 2.05) is 5.38 Å². The molecule has 0 aliphatic rings. The van der Waals surface area contributed by atoms with Crippen molar-refractivity contribution in [3.05, 3.63) is 46.4 Å². The Bertz CT molecular complexity index is 442. The van der Waals surface area contributed by atoms with Crippen molar-refractivity contribution in [1.82, 2.24) is 4.98 Å². The summed E-state index contributed by atoms with van der Waals surface area (Å²) in [7, 11) is 0. The molecular formula is C12H13NO3S. The van der Waals surface area contributed by atoms with E-state index in [4.69, 9.17) is 4.74 Å². The van der Waals surface area contributed by atoms with Gasteiger partial charge in [-0.15, -0.1) is 11.3 Å². The maximum absolute atomic E-state index is 12.0. The van der Waals surface area contributed by atoms with Crippen LogP contribution in [-0.4, -0.2) is 22.7 Å². The normalized spacial score (nSPS) is 14.2. The quantitative estimate of drug-likeness (QED) is 0.815. The number of nitrogens with one attached hydrogen (secondary N) is 1. The molecule has 0 bridgehead atoms. The predicted molar refractivity (Wildman–Crippen MR) is 64.7 cm³/mol. The van der Waals surface area contributed by atoms with Crippen molar-refractivity contribution in [1.29, 1.82) is 0 Å². The molecule has 4 nitrogen and oxygen atoms in total. The highest BCUT2D eigenvalue weighted by molar-refractivity contribution is 7.10. The maximum atomic E-state index is 12.0. The summed E-state index contributed by atoms with van der Waals surface area (Å²) >= 11 is 1.31. The molecule has 0 unspecified atom stereocenters. The first kappa shape index (κ1) is 11.9. The minimum atomic E-state index is -1.74. The molecule has 17 heavy (non-hydrogen) atoms. The Labute approximate surface area is 103 Å². The summed E-state index contributed by atoms with van der Waals surface area (Å²) in [5, 5.41) is 12.4. The Morgan fingerprint density at radius 1 is 1.53 bits per heavy atom. The molecule has 0 saturated carbocycles. The number of hydrogen-bond donors (Lipinski definition) is 2. The van der Waals surface area contributed by atoms with Crippen molar-refractivity contribution < 1.29 is 14.6 Å². The number of rotatable bonds is 4. The lowest BCUT2D eigenvalue weighted by Gasteiger charge is -2.23. The molecule has 0 aliphatic heterocycles. The van der Waals surface area contributed by atoms with Gasteiger partial charge < -0.3 is 14.8 Å². The third-order valence-corrected chi connectivity index (χ3v) is 3.41. The minimum absolute atomic E-state index is 0.229. The number of carbonyl (C=O) groups is 1. The number of aromatic amines is 1. The van der Waals surface area contributed by atoms with Gasteiger partial charge in [0.15, 0.2) is 0 Å². The molecule has 2 aromatic heterocycles. The molecule has 0 radical (unpaired) electrons. The summed E-state index contributed by atoms with van der Waals surface area (Å²) < 4.78 is 4.95. The first-order valence-corrected chi connectivity index (χ1v) is 6.15. The predicted octanol–water partition coefficient (Wildman–Crippen LogP) is 1.88. The fourth-order valence-corrected chi connectivity index (χ4v) is 2.44. The summed E-state index contributed by atoms with van der Waals surface area (Å²) in [5.74, 6) is -0.662. The molecule has 2 N–H and O–H groups in total. The number of carbonyl (C=O) groups excluding carboxylic acids is 1. The molecule has 2 heterocycles. The fraction of sp³-hybridized carbons (Fsp3) is 0.250. The van der Waals surface area contributed by atoms with Crippen LogP contribution in [0, 0.1) is 0 Å². The second-order valence-corrected chi connectivity index (χ2v) is 4.44. The van der Waals surface area contributed by atoms with E-state index in [0.29, 0.717) is 10.6 Å². The molecule has 90 valence electrons. The van der Waals surface area contributed by atoms with Gasteiger partial charge in [0.25, 0.3) is 0 Å². The van der Waals surface area contributed by atoms with Crippen molar-refractivity contribution in [3.8, 4) is 0 Å². The highest BCUT2D eigenvalue weighted by Gasteiger charge is 2.43. The molecule has 0 saturated heterocycles. The number of aromatic nitrogens is 1. The van der Waals surface area contributed by atoms with Gasteiger partial charge in [-0.3, -0.25) is 0 Å². The third-order valence-electron chi connectivity index (χ3n) is 2.44. The number of ether oxygens (including phenoxy) is 1. The highest BCUT2D eigenvalue weighted by atomic mass is 32.1. The van der Waals surface area contributed by atoms with Crippen molar-refractivity contribution >= 4 is 17.3 Å². The van der Waals surface area contributed by atoms with Crippen LogP contribution in [0.5, 0.6) is 0 Å². The number of thiophene rings is 1. The van der Waals surface area contributed by atoms with E-state index in [9.17, 15) is 9.90 Å². The largest absolute Gasteiger partial charge is 0.463 e. The zero-order chi connectivity index (χ0) is 12.3. The van der Waals surface area contributed by atoms with Gasteiger partial charge >= 0.3 is 5.97 Å². The van der Waals surface area contributed by atoms with Crippen molar-refractivity contribution in [2.45, 2.75) is 12.5 Å². The Morgan fingerprint density at radius 3 is 2.88 bits per heavy atom. The van der Waals surface area contributed by atoms with Gasteiger partial charge in [-0.05, 0) is 30.5 Å². The summed E-state index contributed by atoms with van der Waals surface area (Å²) in [6.07, 6.45) is 1.66. The standard InChI is InChI=1S/C12H13NO3S/c1-2-16-11(14)12(15,9-5-3-7-13-9)10-6-4-8-17-10/h3-8,13,15H,2H2,1H3/t12-/m0/s1. The van der Waals surface area contributed by atoms with Gasteiger partial charge in [-0.1, -0.05) is 6.07 Å². The molecule has 0 spiro atoms. The van der Waals surface area contributed by atoms with Crippen molar-refractivity contribution in [2.24, 2.45) is 0 Å². The summed E-state index contributed by atoms with van der Waals surface area (Å²) in [6, 6.07) is 6.89. The first-order chi connectivity index (χ1) is 8.19. The second-order valence-electron chi connectivity index (χ2n) is 3.49. The van der Waals surface area contributed by atoms with Gasteiger partial charge in [-0.2, -0.15) is 0 Å². The Balaban J connectivity index is 2.47. The topological polar surface area (TPSA) is 62.3 Å². The van der Waals surface area contributed by atoms with E-state index in [1.165, 1.54) is 11.3 Å². The SMILES string of the molecule is CCOC(=O)[C@](O)(c1ccc[nH]1)c1cccs1. The monoisotopic (exact) mass is 251 g/mol. The molecule has 2 rings (SSSR count). The van der Waals surface area contributed by atoms with E-state index < -0.39 is 11.6 Å². The zero-order valence-electron chi connectivity index (χ0n) is 9.34. The maximum Gasteiger partial charge on any atom is 0.350 e. The van der Waals surface area contributed by atoms with Crippen LogP contribution in [0.1, 0.15) is 17.5 Å². The van der Waals surface area contributed by atoms with E-state index in [-0.39, 0.29) is 6.61 Å². The summed E-state index contributed by atoms with van der Waals surface area (Å²) in [5.41, 5.74) is -1.33. The second kappa shape index (κ2) is 4.73. The van der Waals surface area contributed by atoms with Crippen molar-refractivity contribution in [3.63, 3.8) is 0 Å². The van der Waals surface area contributed by atoms with E-state index in [1.54, 1.807) is 37.4 Å². The Kier molecular flexibility index (Phi) is 3.31. The van der Waals surface area contributed by atoms with Gasteiger partial charge in [-0.25, -0.2) is 4.79 Å². The van der Waals surface area contributed by atoms with E-state index in [0.717, 1.165) is 0 Å². The molecule has 0 aromatic carbocycles. The van der Waals surface area contributed by atoms with Crippen LogP contribution in [-0.2, 0) is 15.1 Å². The third kappa shape index (κ3) is 1.99. The average molecular weight is 251 g/mol. The Hall–Kier alpha value is -1.59. The fourth-order valence-electron chi connectivity index (χ4n) is 1.62. The van der Waals surface area contributed by atoms with Crippen LogP contribution in [0.4, 0.5) is 0 Å². The number of H-pyrrole nitrogens is 1. The number of aliphatic hydroxyl groups is 1. The van der Waals surface area contributed by atoms with Crippen LogP contribution in [0.25, 0.3) is 0 Å². The lowest BCUT2D eigenvalue weighted by molar-refractivity contribution is -0.161. The van der Waals surface area contributed by atoms with Crippen molar-refractivity contribution in [2.75, 3.05) is 6.61 Å². The smallest absolute Gasteiger partial charge is 0.350 e. The van der Waals surface area contributed by atoms with Crippen LogP contribution in [0.15, 0.2) is 35.8 Å². The van der Waals surface area contributed by atoms with E-state index >= 15 is 0 Å². The molecule has 5 heteroatoms.